The number of hydrogen-bond acceptors (Lipinski definition) is 5. The van der Waals surface area contributed by atoms with Crippen molar-refractivity contribution in [2.75, 3.05) is 0 Å². The Morgan fingerprint density at radius 2 is 1.55 bits per heavy atom. The molecule has 0 aliphatic carbocycles. The number of fused-ring (bicyclic) bond motifs is 1. The third-order valence-corrected chi connectivity index (χ3v) is 5.05. The second-order valence-corrected chi connectivity index (χ2v) is 7.21. The highest BCUT2D eigenvalue weighted by Crippen LogP contribution is 2.08. The molecule has 1 amide bonds. The van der Waals surface area contributed by atoms with Gasteiger partial charge in [0.2, 0.25) is 5.91 Å². The third-order valence-electron chi connectivity index (χ3n) is 5.05. The van der Waals surface area contributed by atoms with E-state index in [1.165, 1.54) is 12.4 Å². The van der Waals surface area contributed by atoms with Crippen LogP contribution in [0.2, 0.25) is 0 Å². The minimum atomic E-state index is -0.228. The van der Waals surface area contributed by atoms with Gasteiger partial charge in [-0.2, -0.15) is 0 Å². The molecular weight excluding hydrogens is 390 g/mol. The van der Waals surface area contributed by atoms with E-state index in [9.17, 15) is 9.59 Å². The summed E-state index contributed by atoms with van der Waals surface area (Å²) in [6.45, 7) is 0.931. The predicted molar refractivity (Wildman–Crippen MR) is 118 cm³/mol. The molecule has 0 spiro atoms. The van der Waals surface area contributed by atoms with E-state index in [1.54, 1.807) is 4.57 Å². The first-order chi connectivity index (χ1) is 15.2. The molecule has 0 aliphatic heterocycles. The molecule has 0 radical (unpaired) electrons. The van der Waals surface area contributed by atoms with E-state index in [0.717, 1.165) is 11.1 Å². The van der Waals surface area contributed by atoms with E-state index in [-0.39, 0.29) is 23.4 Å². The molecule has 0 fully saturated rings. The first-order valence-electron chi connectivity index (χ1n) is 10.3. The second kappa shape index (κ2) is 9.75. The number of nitrogens with zero attached hydrogens (tertiary/aromatic N) is 4. The fourth-order valence-electron chi connectivity index (χ4n) is 3.41. The summed E-state index contributed by atoms with van der Waals surface area (Å²) in [5.41, 5.74) is 2.49. The molecule has 0 aliphatic rings. The van der Waals surface area contributed by atoms with Gasteiger partial charge in [-0.3, -0.25) is 14.2 Å². The summed E-state index contributed by atoms with van der Waals surface area (Å²) in [6.07, 6.45) is 4.26. The van der Waals surface area contributed by atoms with Crippen LogP contribution >= 0.6 is 0 Å². The summed E-state index contributed by atoms with van der Waals surface area (Å²) in [7, 11) is 0. The van der Waals surface area contributed by atoms with Crippen molar-refractivity contribution in [2.45, 2.75) is 32.4 Å². The molecule has 1 N–H and O–H groups in total. The highest BCUT2D eigenvalue weighted by Gasteiger charge is 2.14. The van der Waals surface area contributed by atoms with Crippen molar-refractivity contribution in [3.8, 4) is 0 Å². The van der Waals surface area contributed by atoms with Gasteiger partial charge in [-0.1, -0.05) is 60.7 Å². The standard InChI is InChI=1S/C24H23N5O2/c30-21(27-17-19-9-5-2-6-10-19)12-11-20-28-23-22(25-14-15-26-23)24(31)29(20)16-13-18-7-3-1-4-8-18/h1-10,14-15H,11-13,16-17H2,(H,27,30). The lowest BCUT2D eigenvalue weighted by Crippen LogP contribution is -2.29. The van der Waals surface area contributed by atoms with Gasteiger partial charge in [-0.15, -0.1) is 0 Å². The van der Waals surface area contributed by atoms with Gasteiger partial charge >= 0.3 is 0 Å². The maximum atomic E-state index is 13.0. The van der Waals surface area contributed by atoms with Crippen LogP contribution in [-0.4, -0.2) is 25.4 Å². The molecule has 4 aromatic rings. The molecule has 2 heterocycles. The zero-order chi connectivity index (χ0) is 21.5. The average Bonchev–Trinajstić information content (AvgIpc) is 2.82. The topological polar surface area (TPSA) is 89.8 Å². The van der Waals surface area contributed by atoms with Crippen molar-refractivity contribution in [1.82, 2.24) is 24.8 Å². The number of amides is 1. The number of hydrogen-bond donors (Lipinski definition) is 1. The van der Waals surface area contributed by atoms with Crippen LogP contribution in [-0.2, 0) is 30.7 Å². The Labute approximate surface area is 179 Å². The first-order valence-corrected chi connectivity index (χ1v) is 10.3. The minimum absolute atomic E-state index is 0.0908. The Kier molecular flexibility index (Phi) is 6.42. The van der Waals surface area contributed by atoms with Crippen LogP contribution < -0.4 is 10.9 Å². The van der Waals surface area contributed by atoms with E-state index in [2.05, 4.69) is 20.3 Å². The lowest BCUT2D eigenvalue weighted by atomic mass is 10.1. The van der Waals surface area contributed by atoms with Gasteiger partial charge < -0.3 is 5.32 Å². The van der Waals surface area contributed by atoms with E-state index in [0.29, 0.717) is 37.4 Å². The molecule has 0 atom stereocenters. The minimum Gasteiger partial charge on any atom is -0.352 e. The van der Waals surface area contributed by atoms with Crippen LogP contribution in [0.5, 0.6) is 0 Å². The summed E-state index contributed by atoms with van der Waals surface area (Å²) in [5.74, 6) is 0.454. The molecule has 7 heteroatoms. The molecular formula is C24H23N5O2. The number of aryl methyl sites for hydroxylation is 2. The molecule has 4 rings (SSSR count). The van der Waals surface area contributed by atoms with Crippen molar-refractivity contribution in [1.29, 1.82) is 0 Å². The van der Waals surface area contributed by atoms with Crippen LogP contribution in [0.1, 0.15) is 23.4 Å². The number of carbonyl (C=O) groups excluding carboxylic acids is 1. The molecule has 31 heavy (non-hydrogen) atoms. The maximum absolute atomic E-state index is 13.0. The van der Waals surface area contributed by atoms with Crippen molar-refractivity contribution in [2.24, 2.45) is 0 Å². The number of aromatic nitrogens is 4. The number of nitrogens with one attached hydrogen (secondary N) is 1. The number of benzene rings is 2. The van der Waals surface area contributed by atoms with Gasteiger partial charge in [0.05, 0.1) is 0 Å². The molecule has 0 unspecified atom stereocenters. The zero-order valence-electron chi connectivity index (χ0n) is 17.1. The summed E-state index contributed by atoms with van der Waals surface area (Å²) in [6, 6.07) is 19.7. The van der Waals surface area contributed by atoms with Crippen LogP contribution in [0.15, 0.2) is 77.9 Å². The molecule has 0 bridgehead atoms. The Morgan fingerprint density at radius 3 is 2.29 bits per heavy atom. The molecule has 156 valence electrons. The average molecular weight is 413 g/mol. The lowest BCUT2D eigenvalue weighted by Gasteiger charge is -2.13. The van der Waals surface area contributed by atoms with Crippen molar-refractivity contribution < 1.29 is 4.79 Å². The van der Waals surface area contributed by atoms with Crippen LogP contribution in [0, 0.1) is 0 Å². The Balaban J connectivity index is 1.51. The molecule has 0 saturated carbocycles. The highest BCUT2D eigenvalue weighted by molar-refractivity contribution is 5.76. The fourth-order valence-corrected chi connectivity index (χ4v) is 3.41. The van der Waals surface area contributed by atoms with E-state index in [4.69, 9.17) is 0 Å². The van der Waals surface area contributed by atoms with Gasteiger partial charge in [0.15, 0.2) is 11.2 Å². The summed E-state index contributed by atoms with van der Waals surface area (Å²) >= 11 is 0. The van der Waals surface area contributed by atoms with Crippen molar-refractivity contribution in [3.63, 3.8) is 0 Å². The second-order valence-electron chi connectivity index (χ2n) is 7.21. The quantitative estimate of drug-likeness (QED) is 0.480. The monoisotopic (exact) mass is 413 g/mol. The van der Waals surface area contributed by atoms with Crippen LogP contribution in [0.25, 0.3) is 11.2 Å². The van der Waals surface area contributed by atoms with E-state index in [1.807, 2.05) is 60.7 Å². The predicted octanol–water partition coefficient (Wildman–Crippen LogP) is 2.68. The summed E-state index contributed by atoms with van der Waals surface area (Å²) in [4.78, 5) is 38.3. The van der Waals surface area contributed by atoms with Crippen molar-refractivity contribution >= 4 is 17.1 Å². The van der Waals surface area contributed by atoms with Gasteiger partial charge in [-0.25, -0.2) is 15.0 Å². The van der Waals surface area contributed by atoms with E-state index < -0.39 is 0 Å². The molecule has 2 aromatic heterocycles. The van der Waals surface area contributed by atoms with Crippen LogP contribution in [0.3, 0.4) is 0 Å². The zero-order valence-corrected chi connectivity index (χ0v) is 17.1. The lowest BCUT2D eigenvalue weighted by molar-refractivity contribution is -0.121. The smallest absolute Gasteiger partial charge is 0.281 e. The summed E-state index contributed by atoms with van der Waals surface area (Å²) < 4.78 is 1.62. The SMILES string of the molecule is O=C(CCc1nc2nccnc2c(=O)n1CCc1ccccc1)NCc1ccccc1. The third kappa shape index (κ3) is 5.19. The fraction of sp³-hybridized carbons (Fsp3) is 0.208. The maximum Gasteiger partial charge on any atom is 0.281 e. The first kappa shape index (κ1) is 20.4. The van der Waals surface area contributed by atoms with E-state index >= 15 is 0 Å². The Hall–Kier alpha value is -3.87. The largest absolute Gasteiger partial charge is 0.352 e. The van der Waals surface area contributed by atoms with Crippen LogP contribution in [0.4, 0.5) is 0 Å². The number of carbonyl (C=O) groups is 1. The Morgan fingerprint density at radius 1 is 0.871 bits per heavy atom. The normalized spacial score (nSPS) is 10.8. The van der Waals surface area contributed by atoms with Gasteiger partial charge in [0, 0.05) is 38.3 Å². The van der Waals surface area contributed by atoms with Gasteiger partial charge in [0.1, 0.15) is 5.82 Å². The highest BCUT2D eigenvalue weighted by atomic mass is 16.1. The van der Waals surface area contributed by atoms with Gasteiger partial charge in [0.25, 0.3) is 5.56 Å². The molecule has 2 aromatic carbocycles. The van der Waals surface area contributed by atoms with Crippen molar-refractivity contribution in [3.05, 3.63) is 100 Å². The number of rotatable bonds is 8. The molecule has 0 saturated heterocycles. The molecule has 7 nitrogen and oxygen atoms in total. The van der Waals surface area contributed by atoms with Gasteiger partial charge in [-0.05, 0) is 17.5 Å². The Bertz CT molecular complexity index is 1220. The summed E-state index contributed by atoms with van der Waals surface area (Å²) in [5, 5.41) is 2.92.